The van der Waals surface area contributed by atoms with Gasteiger partial charge < -0.3 is 15.1 Å². The monoisotopic (exact) mass is 307 g/mol. The van der Waals surface area contributed by atoms with Crippen LogP contribution in [-0.2, 0) is 9.59 Å². The summed E-state index contributed by atoms with van der Waals surface area (Å²) in [6.07, 6.45) is 4.57. The van der Waals surface area contributed by atoms with Crippen LogP contribution in [0.1, 0.15) is 46.0 Å². The van der Waals surface area contributed by atoms with Crippen molar-refractivity contribution in [1.29, 1.82) is 0 Å². The molecule has 1 atom stereocenters. The molecule has 0 spiro atoms. The lowest BCUT2D eigenvalue weighted by atomic mass is 9.88. The van der Waals surface area contributed by atoms with Crippen LogP contribution in [0, 0.1) is 0 Å². The molecule has 1 fully saturated rings. The lowest BCUT2D eigenvalue weighted by molar-refractivity contribution is -0.130. The summed E-state index contributed by atoms with van der Waals surface area (Å²) in [6, 6.07) is 0.436. The van der Waals surface area contributed by atoms with Crippen LogP contribution in [0.15, 0.2) is 11.1 Å². The number of amides is 2. The molecule has 1 aliphatic carbocycles. The highest BCUT2D eigenvalue weighted by molar-refractivity contribution is 6.02. The summed E-state index contributed by atoms with van der Waals surface area (Å²) in [5.41, 5.74) is 1.99. The van der Waals surface area contributed by atoms with Crippen molar-refractivity contribution >= 4 is 11.8 Å². The summed E-state index contributed by atoms with van der Waals surface area (Å²) in [6.45, 7) is 5.56. The molecule has 2 amide bonds. The molecule has 5 heteroatoms. The van der Waals surface area contributed by atoms with Crippen LogP contribution >= 0.6 is 0 Å². The normalized spacial score (nSPS) is 21.8. The third-order valence-corrected chi connectivity index (χ3v) is 4.57. The molecule has 1 heterocycles. The number of rotatable bonds is 6. The molecule has 0 aromatic carbocycles. The Morgan fingerprint density at radius 1 is 1.36 bits per heavy atom. The van der Waals surface area contributed by atoms with E-state index in [1.54, 1.807) is 0 Å². The third-order valence-electron chi connectivity index (χ3n) is 4.57. The smallest absolute Gasteiger partial charge is 0.251 e. The van der Waals surface area contributed by atoms with E-state index in [2.05, 4.69) is 19.2 Å². The second-order valence-corrected chi connectivity index (χ2v) is 6.90. The van der Waals surface area contributed by atoms with Gasteiger partial charge in [0.05, 0.1) is 12.5 Å². The minimum absolute atomic E-state index is 0.0346. The maximum Gasteiger partial charge on any atom is 0.251 e. The van der Waals surface area contributed by atoms with Gasteiger partial charge in [-0.15, -0.1) is 0 Å². The van der Waals surface area contributed by atoms with E-state index >= 15 is 0 Å². The van der Waals surface area contributed by atoms with Crippen molar-refractivity contribution < 1.29 is 9.59 Å². The van der Waals surface area contributed by atoms with E-state index in [4.69, 9.17) is 0 Å². The molecular weight excluding hydrogens is 278 g/mol. The molecule has 0 aromatic rings. The molecule has 124 valence electrons. The number of hydrogen-bond acceptors (Lipinski definition) is 3. The first kappa shape index (κ1) is 17.0. The first-order chi connectivity index (χ1) is 10.4. The maximum atomic E-state index is 12.7. The van der Waals surface area contributed by atoms with Gasteiger partial charge in [0.25, 0.3) is 5.91 Å². The SMILES string of the molecule is CC(C)N1C(=O)C(CC(=O)NCCN(C)C)=C2CCCCC21. The van der Waals surface area contributed by atoms with Crippen LogP contribution < -0.4 is 5.32 Å². The van der Waals surface area contributed by atoms with Gasteiger partial charge in [0.15, 0.2) is 0 Å². The minimum atomic E-state index is -0.0346. The Labute approximate surface area is 133 Å². The summed E-state index contributed by atoms with van der Waals surface area (Å²) >= 11 is 0. The van der Waals surface area contributed by atoms with Crippen LogP contribution in [0.5, 0.6) is 0 Å². The van der Waals surface area contributed by atoms with E-state index in [1.165, 1.54) is 12.0 Å². The van der Waals surface area contributed by atoms with Crippen molar-refractivity contribution in [2.75, 3.05) is 27.2 Å². The van der Waals surface area contributed by atoms with Crippen molar-refractivity contribution in [2.24, 2.45) is 0 Å². The average molecular weight is 307 g/mol. The Hall–Kier alpha value is -1.36. The lowest BCUT2D eigenvalue weighted by Gasteiger charge is -2.33. The fourth-order valence-electron chi connectivity index (χ4n) is 3.51. The molecule has 1 N–H and O–H groups in total. The molecule has 0 aromatic heterocycles. The highest BCUT2D eigenvalue weighted by atomic mass is 16.2. The Morgan fingerprint density at radius 3 is 2.73 bits per heavy atom. The number of fused-ring (bicyclic) bond motifs is 1. The number of carbonyl (C=O) groups excluding carboxylic acids is 2. The minimum Gasteiger partial charge on any atom is -0.355 e. The van der Waals surface area contributed by atoms with Gasteiger partial charge in [-0.2, -0.15) is 0 Å². The third kappa shape index (κ3) is 3.69. The Kier molecular flexibility index (Phi) is 5.62. The number of carbonyl (C=O) groups is 2. The summed E-state index contributed by atoms with van der Waals surface area (Å²) in [7, 11) is 3.95. The standard InChI is InChI=1S/C17H29N3O2/c1-12(2)20-15-8-6-5-7-13(15)14(17(20)22)11-16(21)18-9-10-19(3)4/h12,15H,5-11H2,1-4H3,(H,18,21). The van der Waals surface area contributed by atoms with E-state index in [0.29, 0.717) is 6.54 Å². The van der Waals surface area contributed by atoms with E-state index in [-0.39, 0.29) is 30.3 Å². The molecule has 1 saturated carbocycles. The highest BCUT2D eigenvalue weighted by Gasteiger charge is 2.41. The summed E-state index contributed by atoms with van der Waals surface area (Å²) < 4.78 is 0. The Balaban J connectivity index is 2.04. The van der Waals surface area contributed by atoms with E-state index < -0.39 is 0 Å². The van der Waals surface area contributed by atoms with E-state index in [9.17, 15) is 9.59 Å². The molecule has 5 nitrogen and oxygen atoms in total. The van der Waals surface area contributed by atoms with Crippen LogP contribution in [0.25, 0.3) is 0 Å². The van der Waals surface area contributed by atoms with Gasteiger partial charge in [0.2, 0.25) is 5.91 Å². The first-order valence-corrected chi connectivity index (χ1v) is 8.37. The van der Waals surface area contributed by atoms with Gasteiger partial charge >= 0.3 is 0 Å². The van der Waals surface area contributed by atoms with Gasteiger partial charge in [0.1, 0.15) is 0 Å². The molecule has 0 radical (unpaired) electrons. The van der Waals surface area contributed by atoms with Gasteiger partial charge in [-0.25, -0.2) is 0 Å². The van der Waals surface area contributed by atoms with Gasteiger partial charge in [-0.05, 0) is 52.8 Å². The highest BCUT2D eigenvalue weighted by Crippen LogP contribution is 2.38. The number of likely N-dealkylation sites (N-methyl/N-ethyl adjacent to an activating group) is 1. The summed E-state index contributed by atoms with van der Waals surface area (Å²) in [5, 5.41) is 2.92. The average Bonchev–Trinajstić information content (AvgIpc) is 2.71. The van der Waals surface area contributed by atoms with Gasteiger partial charge in [0, 0.05) is 24.7 Å². The maximum absolute atomic E-state index is 12.7. The van der Waals surface area contributed by atoms with Crippen molar-refractivity contribution in [3.8, 4) is 0 Å². The van der Waals surface area contributed by atoms with Crippen molar-refractivity contribution in [2.45, 2.75) is 58.0 Å². The zero-order valence-electron chi connectivity index (χ0n) is 14.3. The first-order valence-electron chi connectivity index (χ1n) is 8.37. The van der Waals surface area contributed by atoms with E-state index in [0.717, 1.165) is 31.4 Å². The molecule has 1 unspecified atom stereocenters. The van der Waals surface area contributed by atoms with Crippen molar-refractivity contribution in [3.63, 3.8) is 0 Å². The van der Waals surface area contributed by atoms with Crippen LogP contribution in [0.3, 0.4) is 0 Å². The quantitative estimate of drug-likeness (QED) is 0.810. The lowest BCUT2D eigenvalue weighted by Crippen LogP contribution is -2.41. The number of nitrogens with zero attached hydrogens (tertiary/aromatic N) is 2. The van der Waals surface area contributed by atoms with Crippen LogP contribution in [-0.4, -0.2) is 60.9 Å². The number of hydrogen-bond donors (Lipinski definition) is 1. The largest absolute Gasteiger partial charge is 0.355 e. The van der Waals surface area contributed by atoms with Crippen molar-refractivity contribution in [3.05, 3.63) is 11.1 Å². The predicted molar refractivity (Wildman–Crippen MR) is 87.4 cm³/mol. The number of nitrogens with one attached hydrogen (secondary N) is 1. The Morgan fingerprint density at radius 2 is 2.09 bits per heavy atom. The van der Waals surface area contributed by atoms with Crippen LogP contribution in [0.2, 0.25) is 0 Å². The summed E-state index contributed by atoms with van der Waals surface area (Å²) in [4.78, 5) is 28.9. The fourth-order valence-corrected chi connectivity index (χ4v) is 3.51. The molecule has 2 aliphatic rings. The Bertz CT molecular complexity index is 469. The van der Waals surface area contributed by atoms with Crippen LogP contribution in [0.4, 0.5) is 0 Å². The predicted octanol–water partition coefficient (Wildman–Crippen LogP) is 1.54. The zero-order valence-corrected chi connectivity index (χ0v) is 14.3. The van der Waals surface area contributed by atoms with Gasteiger partial charge in [-0.3, -0.25) is 9.59 Å². The summed E-state index contributed by atoms with van der Waals surface area (Å²) in [5.74, 6) is 0.0484. The van der Waals surface area contributed by atoms with Crippen molar-refractivity contribution in [1.82, 2.24) is 15.1 Å². The molecule has 1 aliphatic heterocycles. The molecule has 2 rings (SSSR count). The fraction of sp³-hybridized carbons (Fsp3) is 0.765. The zero-order chi connectivity index (χ0) is 16.3. The molecule has 0 bridgehead atoms. The van der Waals surface area contributed by atoms with E-state index in [1.807, 2.05) is 23.9 Å². The molecular formula is C17H29N3O2. The topological polar surface area (TPSA) is 52.7 Å². The second-order valence-electron chi connectivity index (χ2n) is 6.90. The second kappa shape index (κ2) is 7.27. The molecule has 0 saturated heterocycles. The molecule has 22 heavy (non-hydrogen) atoms. The van der Waals surface area contributed by atoms with Gasteiger partial charge in [-0.1, -0.05) is 6.42 Å².